The van der Waals surface area contributed by atoms with Crippen LogP contribution < -0.4 is 15.4 Å². The Morgan fingerprint density at radius 1 is 1.03 bits per heavy atom. The number of para-hydroxylation sites is 1. The normalized spacial score (nSPS) is 11.6. The standard InChI is InChI=1S/C24H27N3O3/c1-15-13-21(17(3)27(15)20-9-7-6-8-10-20)24(29)16(2)25-22-14-19(26-18(4)28)11-12-23(22)30-5/h6-14,16,25H,1-5H3,(H,26,28)/t16-/m0/s1. The number of ketones is 1. The van der Waals surface area contributed by atoms with E-state index in [1.807, 2.05) is 57.2 Å². The molecule has 6 nitrogen and oxygen atoms in total. The van der Waals surface area contributed by atoms with Crippen molar-refractivity contribution in [3.63, 3.8) is 0 Å². The van der Waals surface area contributed by atoms with Gasteiger partial charge < -0.3 is 19.9 Å². The number of aromatic nitrogens is 1. The molecule has 1 atom stereocenters. The van der Waals surface area contributed by atoms with Crippen LogP contribution in [0.1, 0.15) is 35.6 Å². The van der Waals surface area contributed by atoms with Crippen molar-refractivity contribution < 1.29 is 14.3 Å². The van der Waals surface area contributed by atoms with E-state index in [0.717, 1.165) is 17.1 Å². The summed E-state index contributed by atoms with van der Waals surface area (Å²) in [5, 5.41) is 5.98. The van der Waals surface area contributed by atoms with Gasteiger partial charge >= 0.3 is 0 Å². The van der Waals surface area contributed by atoms with E-state index in [4.69, 9.17) is 4.74 Å². The van der Waals surface area contributed by atoms with Crippen LogP contribution in [-0.4, -0.2) is 29.4 Å². The average Bonchev–Trinajstić information content (AvgIpc) is 3.01. The van der Waals surface area contributed by atoms with Crippen LogP contribution in [-0.2, 0) is 4.79 Å². The van der Waals surface area contributed by atoms with Gasteiger partial charge in [0.25, 0.3) is 0 Å². The van der Waals surface area contributed by atoms with Gasteiger partial charge in [0.1, 0.15) is 5.75 Å². The molecule has 0 saturated heterocycles. The highest BCUT2D eigenvalue weighted by Gasteiger charge is 2.22. The highest BCUT2D eigenvalue weighted by molar-refractivity contribution is 6.03. The van der Waals surface area contributed by atoms with Gasteiger partial charge in [-0.2, -0.15) is 0 Å². The lowest BCUT2D eigenvalue weighted by Gasteiger charge is -2.18. The number of Topliss-reactive ketones (excluding diaryl/α,β-unsaturated/α-hetero) is 1. The third-order valence-electron chi connectivity index (χ3n) is 5.00. The molecule has 2 aromatic carbocycles. The lowest BCUT2D eigenvalue weighted by molar-refractivity contribution is -0.114. The van der Waals surface area contributed by atoms with Gasteiger partial charge in [0, 0.05) is 35.2 Å². The number of methoxy groups -OCH3 is 1. The highest BCUT2D eigenvalue weighted by Crippen LogP contribution is 2.29. The van der Waals surface area contributed by atoms with Gasteiger partial charge in [0.05, 0.1) is 18.8 Å². The van der Waals surface area contributed by atoms with E-state index in [2.05, 4.69) is 15.2 Å². The van der Waals surface area contributed by atoms with Crippen LogP contribution in [0.15, 0.2) is 54.6 Å². The molecule has 0 fully saturated rings. The molecular formula is C24H27N3O3. The summed E-state index contributed by atoms with van der Waals surface area (Å²) in [6, 6.07) is 16.7. The maximum absolute atomic E-state index is 13.2. The van der Waals surface area contributed by atoms with Crippen molar-refractivity contribution in [1.29, 1.82) is 0 Å². The van der Waals surface area contributed by atoms with Crippen LogP contribution in [0.3, 0.4) is 0 Å². The van der Waals surface area contributed by atoms with Crippen LogP contribution in [0, 0.1) is 13.8 Å². The number of anilines is 2. The molecule has 3 rings (SSSR count). The minimum atomic E-state index is -0.490. The fourth-order valence-electron chi connectivity index (χ4n) is 3.62. The van der Waals surface area contributed by atoms with Crippen molar-refractivity contribution in [3.8, 4) is 11.4 Å². The van der Waals surface area contributed by atoms with Gasteiger partial charge in [0.15, 0.2) is 5.78 Å². The van der Waals surface area contributed by atoms with Crippen molar-refractivity contribution in [2.75, 3.05) is 17.7 Å². The van der Waals surface area contributed by atoms with Crippen molar-refractivity contribution >= 4 is 23.1 Å². The summed E-state index contributed by atoms with van der Waals surface area (Å²) >= 11 is 0. The molecule has 1 aromatic heterocycles. The Labute approximate surface area is 176 Å². The quantitative estimate of drug-likeness (QED) is 0.557. The number of amides is 1. The molecule has 156 valence electrons. The minimum Gasteiger partial charge on any atom is -0.495 e. The second-order valence-electron chi connectivity index (χ2n) is 7.28. The third kappa shape index (κ3) is 4.38. The summed E-state index contributed by atoms with van der Waals surface area (Å²) in [6.45, 7) is 7.22. The van der Waals surface area contributed by atoms with Gasteiger partial charge in [-0.05, 0) is 57.2 Å². The lowest BCUT2D eigenvalue weighted by Crippen LogP contribution is -2.27. The van der Waals surface area contributed by atoms with Crippen LogP contribution in [0.5, 0.6) is 5.75 Å². The van der Waals surface area contributed by atoms with E-state index >= 15 is 0 Å². The second-order valence-corrected chi connectivity index (χ2v) is 7.28. The molecule has 0 aliphatic rings. The van der Waals surface area contributed by atoms with Crippen molar-refractivity contribution in [3.05, 3.63) is 71.5 Å². The third-order valence-corrected chi connectivity index (χ3v) is 5.00. The Balaban J connectivity index is 1.88. The predicted molar refractivity (Wildman–Crippen MR) is 120 cm³/mol. The topological polar surface area (TPSA) is 72.4 Å². The zero-order chi connectivity index (χ0) is 21.8. The molecule has 0 aliphatic carbocycles. The number of nitrogens with one attached hydrogen (secondary N) is 2. The fraction of sp³-hybridized carbons (Fsp3) is 0.250. The molecule has 6 heteroatoms. The van der Waals surface area contributed by atoms with Crippen LogP contribution in [0.4, 0.5) is 11.4 Å². The molecule has 0 bridgehead atoms. The predicted octanol–water partition coefficient (Wildman–Crippen LogP) is 4.74. The number of carbonyl (C=O) groups excluding carboxylic acids is 2. The van der Waals surface area contributed by atoms with Gasteiger partial charge in [0.2, 0.25) is 5.91 Å². The molecule has 0 unspecified atom stereocenters. The highest BCUT2D eigenvalue weighted by atomic mass is 16.5. The summed E-state index contributed by atoms with van der Waals surface area (Å²) in [7, 11) is 1.57. The van der Waals surface area contributed by atoms with E-state index in [1.54, 1.807) is 25.3 Å². The largest absolute Gasteiger partial charge is 0.495 e. The monoisotopic (exact) mass is 405 g/mol. The van der Waals surface area contributed by atoms with Crippen molar-refractivity contribution in [1.82, 2.24) is 4.57 Å². The Morgan fingerprint density at radius 2 is 1.73 bits per heavy atom. The van der Waals surface area contributed by atoms with Crippen LogP contribution in [0.25, 0.3) is 5.69 Å². The summed E-state index contributed by atoms with van der Waals surface area (Å²) in [4.78, 5) is 24.6. The van der Waals surface area contributed by atoms with E-state index < -0.39 is 6.04 Å². The maximum Gasteiger partial charge on any atom is 0.221 e. The lowest BCUT2D eigenvalue weighted by atomic mass is 10.1. The first-order valence-corrected chi connectivity index (χ1v) is 9.82. The summed E-state index contributed by atoms with van der Waals surface area (Å²) in [5.41, 5.74) is 4.87. The Morgan fingerprint density at radius 3 is 2.37 bits per heavy atom. The smallest absolute Gasteiger partial charge is 0.221 e. The van der Waals surface area contributed by atoms with Crippen molar-refractivity contribution in [2.45, 2.75) is 33.7 Å². The molecule has 2 N–H and O–H groups in total. The first kappa shape index (κ1) is 21.2. The van der Waals surface area contributed by atoms with E-state index in [0.29, 0.717) is 22.7 Å². The Hall–Kier alpha value is -3.54. The fourth-order valence-corrected chi connectivity index (χ4v) is 3.62. The van der Waals surface area contributed by atoms with Gasteiger partial charge in [-0.25, -0.2) is 0 Å². The molecule has 30 heavy (non-hydrogen) atoms. The van der Waals surface area contributed by atoms with Crippen LogP contribution in [0.2, 0.25) is 0 Å². The minimum absolute atomic E-state index is 0.0164. The van der Waals surface area contributed by atoms with Crippen LogP contribution >= 0.6 is 0 Å². The molecule has 0 spiro atoms. The number of nitrogens with zero attached hydrogens (tertiary/aromatic N) is 1. The first-order valence-electron chi connectivity index (χ1n) is 9.82. The molecular weight excluding hydrogens is 378 g/mol. The first-order chi connectivity index (χ1) is 14.3. The van der Waals surface area contributed by atoms with E-state index in [9.17, 15) is 9.59 Å². The Kier molecular flexibility index (Phi) is 6.26. The van der Waals surface area contributed by atoms with E-state index in [-0.39, 0.29) is 11.7 Å². The number of hydrogen-bond acceptors (Lipinski definition) is 4. The Bertz CT molecular complexity index is 1070. The number of hydrogen-bond donors (Lipinski definition) is 2. The number of aryl methyl sites for hydroxylation is 1. The molecule has 3 aromatic rings. The second kappa shape index (κ2) is 8.86. The number of ether oxygens (including phenoxy) is 1. The molecule has 1 heterocycles. The number of carbonyl (C=O) groups is 2. The molecule has 1 amide bonds. The average molecular weight is 405 g/mol. The van der Waals surface area contributed by atoms with E-state index in [1.165, 1.54) is 6.92 Å². The van der Waals surface area contributed by atoms with Gasteiger partial charge in [-0.1, -0.05) is 18.2 Å². The zero-order valence-corrected chi connectivity index (χ0v) is 17.9. The summed E-state index contributed by atoms with van der Waals surface area (Å²) in [5.74, 6) is 0.416. The summed E-state index contributed by atoms with van der Waals surface area (Å²) < 4.78 is 7.49. The maximum atomic E-state index is 13.2. The molecule has 0 aliphatic heterocycles. The van der Waals surface area contributed by atoms with Crippen molar-refractivity contribution in [2.24, 2.45) is 0 Å². The number of benzene rings is 2. The number of rotatable bonds is 7. The van der Waals surface area contributed by atoms with Gasteiger partial charge in [-0.3, -0.25) is 9.59 Å². The molecule has 0 saturated carbocycles. The van der Waals surface area contributed by atoms with Gasteiger partial charge in [-0.15, -0.1) is 0 Å². The SMILES string of the molecule is COc1ccc(NC(C)=O)cc1N[C@@H](C)C(=O)c1cc(C)n(-c2ccccc2)c1C. The summed E-state index contributed by atoms with van der Waals surface area (Å²) in [6.07, 6.45) is 0. The molecule has 0 radical (unpaired) electrons. The zero-order valence-electron chi connectivity index (χ0n) is 17.9.